The van der Waals surface area contributed by atoms with E-state index >= 15 is 0 Å². The van der Waals surface area contributed by atoms with Crippen molar-refractivity contribution in [2.75, 3.05) is 0 Å². The van der Waals surface area contributed by atoms with Crippen LogP contribution in [0.15, 0.2) is 10.7 Å². The van der Waals surface area contributed by atoms with E-state index in [-0.39, 0.29) is 23.4 Å². The van der Waals surface area contributed by atoms with E-state index in [4.69, 9.17) is 10.2 Å². The molecule has 2 atom stereocenters. The Bertz CT molecular complexity index is 589. The van der Waals surface area contributed by atoms with Crippen LogP contribution >= 0.6 is 0 Å². The Kier molecular flexibility index (Phi) is 3.94. The zero-order chi connectivity index (χ0) is 16.9. The molecule has 4 saturated carbocycles. The van der Waals surface area contributed by atoms with Gasteiger partial charge in [0.05, 0.1) is 6.04 Å². The van der Waals surface area contributed by atoms with Crippen molar-refractivity contribution in [2.45, 2.75) is 70.4 Å². The Morgan fingerprint density at radius 3 is 2.46 bits per heavy atom. The van der Waals surface area contributed by atoms with Gasteiger partial charge in [-0.15, -0.1) is 0 Å². The maximum atomic E-state index is 12.7. The predicted molar refractivity (Wildman–Crippen MR) is 91.3 cm³/mol. The summed E-state index contributed by atoms with van der Waals surface area (Å²) in [5, 5.41) is 3.33. The number of aromatic nitrogens is 1. The zero-order valence-electron chi connectivity index (χ0n) is 14.8. The van der Waals surface area contributed by atoms with Gasteiger partial charge in [0.2, 0.25) is 5.89 Å². The molecule has 1 aromatic rings. The second-order valence-electron chi connectivity index (χ2n) is 8.63. The quantitative estimate of drug-likeness (QED) is 0.866. The first-order valence-electron chi connectivity index (χ1n) is 9.51. The van der Waals surface area contributed by atoms with Crippen LogP contribution in [0.4, 0.5) is 0 Å². The summed E-state index contributed by atoms with van der Waals surface area (Å²) in [5.41, 5.74) is 6.54. The van der Waals surface area contributed by atoms with Crippen LogP contribution in [-0.4, -0.2) is 16.4 Å². The highest BCUT2D eigenvalue weighted by Crippen LogP contribution is 2.55. The van der Waals surface area contributed by atoms with Crippen molar-refractivity contribution in [3.8, 4) is 0 Å². The average Bonchev–Trinajstić information content (AvgIpc) is 3.01. The number of carbonyl (C=O) groups excluding carboxylic acids is 1. The van der Waals surface area contributed by atoms with Gasteiger partial charge in [-0.1, -0.05) is 20.3 Å². The third-order valence-corrected chi connectivity index (χ3v) is 6.71. The first-order valence-corrected chi connectivity index (χ1v) is 9.51. The lowest BCUT2D eigenvalue weighted by Gasteiger charge is -2.56. The van der Waals surface area contributed by atoms with Crippen LogP contribution in [0.3, 0.4) is 0 Å². The molecule has 4 fully saturated rings. The Balaban J connectivity index is 1.46. The minimum atomic E-state index is -0.254. The number of hydrogen-bond donors (Lipinski definition) is 2. The number of rotatable bonds is 5. The number of nitrogens with zero attached hydrogens (tertiary/aromatic N) is 1. The van der Waals surface area contributed by atoms with Gasteiger partial charge in [0.15, 0.2) is 5.69 Å². The number of hydrogen-bond acceptors (Lipinski definition) is 4. The highest BCUT2D eigenvalue weighted by Gasteiger charge is 2.51. The molecule has 0 saturated heterocycles. The van der Waals surface area contributed by atoms with Gasteiger partial charge >= 0.3 is 0 Å². The van der Waals surface area contributed by atoms with Crippen LogP contribution in [0.2, 0.25) is 0 Å². The summed E-state index contributed by atoms with van der Waals surface area (Å²) in [6.07, 6.45) is 9.95. The zero-order valence-corrected chi connectivity index (χ0v) is 14.8. The Morgan fingerprint density at radius 1 is 1.33 bits per heavy atom. The highest BCUT2D eigenvalue weighted by molar-refractivity contribution is 5.92. The highest BCUT2D eigenvalue weighted by atomic mass is 16.3. The van der Waals surface area contributed by atoms with Crippen molar-refractivity contribution in [3.05, 3.63) is 17.8 Å². The fraction of sp³-hybridized carbons (Fsp3) is 0.789. The van der Waals surface area contributed by atoms with Gasteiger partial charge in [0.25, 0.3) is 5.91 Å². The molecular weight excluding hydrogens is 302 g/mol. The second kappa shape index (κ2) is 5.87. The predicted octanol–water partition coefficient (Wildman–Crippen LogP) is 3.42. The molecule has 0 spiro atoms. The van der Waals surface area contributed by atoms with E-state index in [2.05, 4.69) is 24.1 Å². The molecule has 5 nitrogen and oxygen atoms in total. The molecule has 1 aromatic heterocycles. The number of nitrogens with one attached hydrogen (secondary N) is 1. The first kappa shape index (κ1) is 16.1. The summed E-state index contributed by atoms with van der Waals surface area (Å²) < 4.78 is 5.49. The molecule has 5 heteroatoms. The number of amides is 1. The smallest absolute Gasteiger partial charge is 0.273 e. The molecule has 3 N–H and O–H groups in total. The SMILES string of the molecule is CCC(C)C(N)c1nc(C(=O)NC23CC4CC(CC(C4)C2)C3)co1. The summed E-state index contributed by atoms with van der Waals surface area (Å²) in [4.78, 5) is 17.1. The van der Waals surface area contributed by atoms with Gasteiger partial charge < -0.3 is 15.5 Å². The van der Waals surface area contributed by atoms with E-state index in [9.17, 15) is 4.79 Å². The third-order valence-electron chi connectivity index (χ3n) is 6.71. The van der Waals surface area contributed by atoms with E-state index in [1.165, 1.54) is 25.5 Å². The molecule has 0 aliphatic heterocycles. The molecule has 24 heavy (non-hydrogen) atoms. The Hall–Kier alpha value is -1.36. The summed E-state index contributed by atoms with van der Waals surface area (Å²) >= 11 is 0. The van der Waals surface area contributed by atoms with E-state index in [1.807, 2.05) is 0 Å². The Labute approximate surface area is 143 Å². The second-order valence-corrected chi connectivity index (χ2v) is 8.63. The van der Waals surface area contributed by atoms with Crippen LogP contribution in [0.5, 0.6) is 0 Å². The number of carbonyl (C=O) groups is 1. The minimum absolute atomic E-state index is 0.00374. The molecule has 132 valence electrons. The monoisotopic (exact) mass is 331 g/mol. The maximum absolute atomic E-state index is 12.7. The molecular formula is C19H29N3O2. The molecule has 4 aliphatic rings. The molecule has 2 unspecified atom stereocenters. The van der Waals surface area contributed by atoms with E-state index < -0.39 is 0 Å². The van der Waals surface area contributed by atoms with Gasteiger partial charge in [0.1, 0.15) is 6.26 Å². The van der Waals surface area contributed by atoms with Crippen molar-refractivity contribution >= 4 is 5.91 Å². The van der Waals surface area contributed by atoms with Crippen LogP contribution in [-0.2, 0) is 0 Å². The summed E-state index contributed by atoms with van der Waals surface area (Å²) in [5.74, 6) is 3.08. The van der Waals surface area contributed by atoms with Crippen molar-refractivity contribution in [2.24, 2.45) is 29.4 Å². The lowest BCUT2D eigenvalue weighted by Crippen LogP contribution is -2.59. The average molecular weight is 331 g/mol. The van der Waals surface area contributed by atoms with Gasteiger partial charge in [-0.25, -0.2) is 4.98 Å². The van der Waals surface area contributed by atoms with Crippen LogP contribution in [0.1, 0.15) is 81.2 Å². The third kappa shape index (κ3) is 2.77. The van der Waals surface area contributed by atoms with Gasteiger partial charge in [-0.05, 0) is 62.2 Å². The maximum Gasteiger partial charge on any atom is 0.273 e. The molecule has 4 bridgehead atoms. The fourth-order valence-corrected chi connectivity index (χ4v) is 5.61. The van der Waals surface area contributed by atoms with Crippen LogP contribution < -0.4 is 11.1 Å². The first-order chi connectivity index (χ1) is 11.5. The van der Waals surface area contributed by atoms with Crippen molar-refractivity contribution in [1.29, 1.82) is 0 Å². The summed E-state index contributed by atoms with van der Waals surface area (Å²) in [7, 11) is 0. The van der Waals surface area contributed by atoms with Gasteiger partial charge in [0, 0.05) is 5.54 Å². The van der Waals surface area contributed by atoms with E-state index in [0.29, 0.717) is 11.6 Å². The number of nitrogens with two attached hydrogens (primary N) is 1. The minimum Gasteiger partial charge on any atom is -0.446 e. The molecule has 0 radical (unpaired) electrons. The largest absolute Gasteiger partial charge is 0.446 e. The molecule has 1 heterocycles. The molecule has 0 aromatic carbocycles. The van der Waals surface area contributed by atoms with Gasteiger partial charge in [-0.3, -0.25) is 4.79 Å². The van der Waals surface area contributed by atoms with Crippen LogP contribution in [0, 0.1) is 23.7 Å². The lowest BCUT2D eigenvalue weighted by molar-refractivity contribution is -0.0167. The summed E-state index contributed by atoms with van der Waals surface area (Å²) in [6.45, 7) is 4.16. The lowest BCUT2D eigenvalue weighted by atomic mass is 9.53. The topological polar surface area (TPSA) is 81.1 Å². The summed E-state index contributed by atoms with van der Waals surface area (Å²) in [6, 6.07) is -0.254. The Morgan fingerprint density at radius 2 is 1.92 bits per heavy atom. The van der Waals surface area contributed by atoms with E-state index in [1.54, 1.807) is 0 Å². The standard InChI is InChI=1S/C19H29N3O2/c1-3-11(2)16(20)18-21-15(10-24-18)17(23)22-19-7-12-4-13(8-19)6-14(5-12)9-19/h10-14,16H,3-9,20H2,1-2H3,(H,22,23). The van der Waals surface area contributed by atoms with E-state index in [0.717, 1.165) is 43.4 Å². The fourth-order valence-electron chi connectivity index (χ4n) is 5.61. The van der Waals surface area contributed by atoms with Crippen molar-refractivity contribution < 1.29 is 9.21 Å². The van der Waals surface area contributed by atoms with Crippen molar-refractivity contribution in [1.82, 2.24) is 10.3 Å². The van der Waals surface area contributed by atoms with Gasteiger partial charge in [-0.2, -0.15) is 0 Å². The molecule has 4 aliphatic carbocycles. The number of oxazole rings is 1. The normalized spacial score (nSPS) is 36.5. The molecule has 5 rings (SSSR count). The van der Waals surface area contributed by atoms with Crippen molar-refractivity contribution in [3.63, 3.8) is 0 Å². The molecule has 1 amide bonds. The van der Waals surface area contributed by atoms with Crippen LogP contribution in [0.25, 0.3) is 0 Å².